The average molecular weight is 391 g/mol. The normalized spacial score (nSPS) is 10.5. The highest BCUT2D eigenvalue weighted by molar-refractivity contribution is 7.13. The van der Waals surface area contributed by atoms with E-state index >= 15 is 0 Å². The molecule has 0 amide bonds. The quantitative estimate of drug-likeness (QED) is 0.466. The van der Waals surface area contributed by atoms with Gasteiger partial charge in [-0.25, -0.2) is 9.97 Å². The van der Waals surface area contributed by atoms with Crippen LogP contribution in [0.5, 0.6) is 17.2 Å². The summed E-state index contributed by atoms with van der Waals surface area (Å²) in [6, 6.07) is 4.84. The molecule has 0 aliphatic carbocycles. The van der Waals surface area contributed by atoms with Gasteiger partial charge >= 0.3 is 0 Å². The highest BCUT2D eigenvalue weighted by atomic mass is 35.5. The minimum atomic E-state index is -0.305. The molecule has 6 nitrogen and oxygen atoms in total. The van der Waals surface area contributed by atoms with Crippen molar-refractivity contribution in [2.75, 3.05) is 21.3 Å². The lowest BCUT2D eigenvalue weighted by Gasteiger charge is -2.14. The number of pyridine rings is 1. The summed E-state index contributed by atoms with van der Waals surface area (Å²) in [7, 11) is 4.48. The third-order valence-corrected chi connectivity index (χ3v) is 4.81. The molecule has 0 spiro atoms. The molecule has 3 aromatic rings. The molecule has 0 radical (unpaired) electrons. The number of hydrogen-bond donors (Lipinski definition) is 0. The lowest BCUT2D eigenvalue weighted by molar-refractivity contribution is 0.103. The van der Waals surface area contributed by atoms with Gasteiger partial charge in [0.1, 0.15) is 10.2 Å². The lowest BCUT2D eigenvalue weighted by atomic mass is 10.0. The number of nitrogens with zero attached hydrogens (tertiary/aromatic N) is 2. The predicted octanol–water partition coefficient (Wildman–Crippen LogP) is 4.12. The number of carbonyl (C=O) groups excluding carboxylic acids is 1. The fourth-order valence-electron chi connectivity index (χ4n) is 2.46. The average Bonchev–Trinajstić information content (AvgIpc) is 3.21. The topological polar surface area (TPSA) is 70.5 Å². The summed E-state index contributed by atoms with van der Waals surface area (Å²) in [4.78, 5) is 21.4. The minimum Gasteiger partial charge on any atom is -0.493 e. The first-order valence-corrected chi connectivity index (χ1v) is 8.75. The standard InChI is InChI=1S/C18H15ClN2O4S/c1-23-13-7-10(8-14(24-2)16(13)25-3)15(22)12-6-11(9-21-17(12)19)18-20-4-5-26-18/h4-9H,1-3H3. The summed E-state index contributed by atoms with van der Waals surface area (Å²) >= 11 is 7.63. The molecule has 2 aromatic heterocycles. The molecular formula is C18H15ClN2O4S. The first-order chi connectivity index (χ1) is 12.6. The number of hydrogen-bond acceptors (Lipinski definition) is 7. The molecule has 2 heterocycles. The summed E-state index contributed by atoms with van der Waals surface area (Å²) < 4.78 is 15.9. The maximum Gasteiger partial charge on any atom is 0.203 e. The van der Waals surface area contributed by atoms with Crippen LogP contribution < -0.4 is 14.2 Å². The van der Waals surface area contributed by atoms with E-state index in [1.807, 2.05) is 5.38 Å². The molecule has 0 unspecified atom stereocenters. The molecule has 0 bridgehead atoms. The van der Waals surface area contributed by atoms with E-state index < -0.39 is 0 Å². The zero-order chi connectivity index (χ0) is 18.7. The third-order valence-electron chi connectivity index (χ3n) is 3.69. The summed E-state index contributed by atoms with van der Waals surface area (Å²) in [6.45, 7) is 0. The van der Waals surface area contributed by atoms with Crippen LogP contribution in [0.25, 0.3) is 10.6 Å². The van der Waals surface area contributed by atoms with Crippen LogP contribution in [0.15, 0.2) is 36.0 Å². The van der Waals surface area contributed by atoms with Gasteiger partial charge in [-0.15, -0.1) is 11.3 Å². The highest BCUT2D eigenvalue weighted by Crippen LogP contribution is 2.39. The molecule has 3 rings (SSSR count). The molecule has 0 aliphatic rings. The maximum absolute atomic E-state index is 13.0. The molecule has 0 saturated heterocycles. The molecule has 0 atom stereocenters. The number of aromatic nitrogens is 2. The SMILES string of the molecule is COc1cc(C(=O)c2cc(-c3nccs3)cnc2Cl)cc(OC)c1OC. The van der Waals surface area contributed by atoms with Crippen molar-refractivity contribution in [3.63, 3.8) is 0 Å². The number of rotatable bonds is 6. The Bertz CT molecular complexity index is 919. The van der Waals surface area contributed by atoms with Crippen molar-refractivity contribution in [3.05, 3.63) is 52.3 Å². The fourth-order valence-corrected chi connectivity index (χ4v) is 3.27. The Kier molecular flexibility index (Phi) is 5.39. The molecule has 0 saturated carbocycles. The monoisotopic (exact) mass is 390 g/mol. The summed E-state index contributed by atoms with van der Waals surface area (Å²) in [5.41, 5.74) is 1.34. The Hall–Kier alpha value is -2.64. The molecular weight excluding hydrogens is 376 g/mol. The van der Waals surface area contributed by atoms with E-state index in [1.165, 1.54) is 32.7 Å². The lowest BCUT2D eigenvalue weighted by Crippen LogP contribution is -2.06. The molecule has 26 heavy (non-hydrogen) atoms. The Morgan fingerprint density at radius 2 is 1.73 bits per heavy atom. The van der Waals surface area contributed by atoms with Gasteiger partial charge in [-0.1, -0.05) is 11.6 Å². The van der Waals surface area contributed by atoms with Crippen molar-refractivity contribution in [1.82, 2.24) is 9.97 Å². The molecule has 8 heteroatoms. The zero-order valence-electron chi connectivity index (χ0n) is 14.3. The van der Waals surface area contributed by atoms with Crippen LogP contribution in [0.1, 0.15) is 15.9 Å². The number of methoxy groups -OCH3 is 3. The predicted molar refractivity (Wildman–Crippen MR) is 99.9 cm³/mol. The zero-order valence-corrected chi connectivity index (χ0v) is 15.9. The van der Waals surface area contributed by atoms with Crippen molar-refractivity contribution in [2.45, 2.75) is 0 Å². The van der Waals surface area contributed by atoms with Crippen molar-refractivity contribution in [2.24, 2.45) is 0 Å². The van der Waals surface area contributed by atoms with E-state index in [0.717, 1.165) is 10.6 Å². The van der Waals surface area contributed by atoms with Crippen molar-refractivity contribution < 1.29 is 19.0 Å². The van der Waals surface area contributed by atoms with Gasteiger partial charge in [0.25, 0.3) is 0 Å². The summed E-state index contributed by atoms with van der Waals surface area (Å²) in [6.07, 6.45) is 3.28. The van der Waals surface area contributed by atoms with E-state index in [1.54, 1.807) is 30.6 Å². The van der Waals surface area contributed by atoms with Gasteiger partial charge in [-0.2, -0.15) is 0 Å². The first kappa shape index (κ1) is 18.2. The van der Waals surface area contributed by atoms with Gasteiger partial charge in [-0.3, -0.25) is 4.79 Å². The number of carbonyl (C=O) groups is 1. The maximum atomic E-state index is 13.0. The molecule has 1 aromatic carbocycles. The van der Waals surface area contributed by atoms with E-state index in [0.29, 0.717) is 22.8 Å². The summed E-state index contributed by atoms with van der Waals surface area (Å²) in [5, 5.41) is 2.72. The van der Waals surface area contributed by atoms with Gasteiger partial charge in [0.15, 0.2) is 17.3 Å². The number of halogens is 1. The van der Waals surface area contributed by atoms with Crippen LogP contribution in [0, 0.1) is 0 Å². The summed E-state index contributed by atoms with van der Waals surface area (Å²) in [5.74, 6) is 0.873. The van der Waals surface area contributed by atoms with Crippen LogP contribution in [-0.4, -0.2) is 37.1 Å². The highest BCUT2D eigenvalue weighted by Gasteiger charge is 2.21. The Morgan fingerprint density at radius 3 is 2.27 bits per heavy atom. The Morgan fingerprint density at radius 1 is 1.04 bits per heavy atom. The number of thiazole rings is 1. The van der Waals surface area contributed by atoms with Gasteiger partial charge < -0.3 is 14.2 Å². The minimum absolute atomic E-state index is 0.115. The van der Waals surface area contributed by atoms with Gasteiger partial charge in [0.05, 0.1) is 26.9 Å². The van der Waals surface area contributed by atoms with Crippen LogP contribution in [-0.2, 0) is 0 Å². The molecule has 0 fully saturated rings. The smallest absolute Gasteiger partial charge is 0.203 e. The number of ketones is 1. The van der Waals surface area contributed by atoms with Crippen molar-refractivity contribution >= 4 is 28.7 Å². The van der Waals surface area contributed by atoms with Crippen LogP contribution in [0.2, 0.25) is 5.15 Å². The molecule has 0 aliphatic heterocycles. The van der Waals surface area contributed by atoms with Gasteiger partial charge in [0, 0.05) is 28.9 Å². The Balaban J connectivity index is 2.08. The van der Waals surface area contributed by atoms with Gasteiger partial charge in [0.2, 0.25) is 5.75 Å². The second-order valence-electron chi connectivity index (χ2n) is 5.14. The number of ether oxygens (including phenoxy) is 3. The van der Waals surface area contributed by atoms with E-state index in [4.69, 9.17) is 25.8 Å². The van der Waals surface area contributed by atoms with Crippen molar-refractivity contribution in [1.29, 1.82) is 0 Å². The molecule has 0 N–H and O–H groups in total. The Labute approximate surface area is 159 Å². The first-order valence-electron chi connectivity index (χ1n) is 7.49. The second-order valence-corrected chi connectivity index (χ2v) is 6.40. The largest absolute Gasteiger partial charge is 0.493 e. The van der Waals surface area contributed by atoms with E-state index in [2.05, 4.69) is 9.97 Å². The second kappa shape index (κ2) is 7.72. The van der Waals surface area contributed by atoms with Crippen molar-refractivity contribution in [3.8, 4) is 27.8 Å². The fraction of sp³-hybridized carbons (Fsp3) is 0.167. The van der Waals surface area contributed by atoms with Crippen LogP contribution in [0.4, 0.5) is 0 Å². The van der Waals surface area contributed by atoms with E-state index in [-0.39, 0.29) is 16.5 Å². The van der Waals surface area contributed by atoms with E-state index in [9.17, 15) is 4.79 Å². The third kappa shape index (κ3) is 3.36. The molecule has 134 valence electrons. The van der Waals surface area contributed by atoms with Gasteiger partial charge in [-0.05, 0) is 18.2 Å². The van der Waals surface area contributed by atoms with Crippen LogP contribution in [0.3, 0.4) is 0 Å². The van der Waals surface area contributed by atoms with Crippen LogP contribution >= 0.6 is 22.9 Å². The number of benzene rings is 1.